The summed E-state index contributed by atoms with van der Waals surface area (Å²) in [6.45, 7) is 0.362. The van der Waals surface area contributed by atoms with Gasteiger partial charge < -0.3 is 5.73 Å². The van der Waals surface area contributed by atoms with Crippen LogP contribution in [0.2, 0.25) is 5.02 Å². The maximum absolute atomic E-state index is 6.14. The van der Waals surface area contributed by atoms with Crippen molar-refractivity contribution in [2.24, 2.45) is 5.73 Å². The molecule has 0 heterocycles. The third kappa shape index (κ3) is 1.97. The van der Waals surface area contributed by atoms with Gasteiger partial charge >= 0.3 is 0 Å². The lowest BCUT2D eigenvalue weighted by molar-refractivity contribution is 1.30. The number of hydrogen-bond donors (Lipinski definition) is 1. The minimum atomic E-state index is 0.362. The molecule has 0 saturated heterocycles. The molecule has 0 aromatic heterocycles. The van der Waals surface area contributed by atoms with E-state index >= 15 is 0 Å². The zero-order chi connectivity index (χ0) is 10.7. The van der Waals surface area contributed by atoms with Gasteiger partial charge in [-0.3, -0.25) is 0 Å². The monoisotopic (exact) mass is 215 g/mol. The summed E-state index contributed by atoms with van der Waals surface area (Å²) in [5, 5.41) is 2.84. The van der Waals surface area contributed by atoms with Crippen molar-refractivity contribution in [3.05, 3.63) is 47.0 Å². The molecule has 2 heteroatoms. The average molecular weight is 216 g/mol. The number of fused-ring (bicyclic) bond motifs is 1. The number of benzene rings is 2. The van der Waals surface area contributed by atoms with E-state index in [1.54, 1.807) is 0 Å². The van der Waals surface area contributed by atoms with E-state index in [0.717, 1.165) is 21.4 Å². The van der Waals surface area contributed by atoms with Gasteiger partial charge in [0.05, 0.1) is 6.54 Å². The zero-order valence-electron chi connectivity index (χ0n) is 8.13. The van der Waals surface area contributed by atoms with Crippen LogP contribution < -0.4 is 5.73 Å². The molecule has 2 aromatic rings. The SMILES string of the molecule is NCC#Cc1cccc2cccc(Cl)c12. The van der Waals surface area contributed by atoms with Crippen LogP contribution in [0.5, 0.6) is 0 Å². The van der Waals surface area contributed by atoms with Crippen LogP contribution in [0, 0.1) is 11.8 Å². The molecule has 2 aromatic carbocycles. The van der Waals surface area contributed by atoms with E-state index in [4.69, 9.17) is 17.3 Å². The average Bonchev–Trinajstić information content (AvgIpc) is 2.26. The molecule has 0 radical (unpaired) electrons. The summed E-state index contributed by atoms with van der Waals surface area (Å²) >= 11 is 6.14. The molecule has 1 nitrogen and oxygen atoms in total. The highest BCUT2D eigenvalue weighted by Crippen LogP contribution is 2.26. The fourth-order valence-corrected chi connectivity index (χ4v) is 1.83. The molecule has 0 atom stereocenters. The Morgan fingerprint density at radius 2 is 1.87 bits per heavy atom. The quantitative estimate of drug-likeness (QED) is 0.672. The van der Waals surface area contributed by atoms with Crippen LogP contribution in [0.1, 0.15) is 5.56 Å². The molecule has 0 aliphatic heterocycles. The number of halogens is 1. The Balaban J connectivity index is 2.74. The minimum absolute atomic E-state index is 0.362. The maximum Gasteiger partial charge on any atom is 0.0555 e. The van der Waals surface area contributed by atoms with E-state index in [0.29, 0.717) is 6.54 Å². The molecule has 0 aliphatic rings. The lowest BCUT2D eigenvalue weighted by Crippen LogP contribution is -1.93. The molecule has 74 valence electrons. The summed E-state index contributed by atoms with van der Waals surface area (Å²) in [6.07, 6.45) is 0. The van der Waals surface area contributed by atoms with Gasteiger partial charge in [-0.15, -0.1) is 0 Å². The van der Waals surface area contributed by atoms with E-state index in [9.17, 15) is 0 Å². The molecule has 15 heavy (non-hydrogen) atoms. The summed E-state index contributed by atoms with van der Waals surface area (Å²) in [5.41, 5.74) is 6.29. The summed E-state index contributed by atoms with van der Waals surface area (Å²) in [4.78, 5) is 0. The molecule has 0 saturated carbocycles. The predicted molar refractivity (Wildman–Crippen MR) is 64.9 cm³/mol. The van der Waals surface area contributed by atoms with Crippen molar-refractivity contribution in [2.75, 3.05) is 6.54 Å². The predicted octanol–water partition coefficient (Wildman–Crippen LogP) is 2.80. The maximum atomic E-state index is 6.14. The van der Waals surface area contributed by atoms with E-state index in [-0.39, 0.29) is 0 Å². The summed E-state index contributed by atoms with van der Waals surface area (Å²) in [7, 11) is 0. The van der Waals surface area contributed by atoms with Gasteiger partial charge in [0.25, 0.3) is 0 Å². The Bertz CT molecular complexity index is 544. The second-order valence-corrected chi connectivity index (χ2v) is 3.56. The number of rotatable bonds is 0. The first-order chi connectivity index (χ1) is 7.33. The molecule has 0 unspecified atom stereocenters. The molecule has 0 spiro atoms. The van der Waals surface area contributed by atoms with E-state index in [1.807, 2.05) is 36.4 Å². The van der Waals surface area contributed by atoms with Gasteiger partial charge in [-0.05, 0) is 17.5 Å². The van der Waals surface area contributed by atoms with E-state index in [2.05, 4.69) is 11.8 Å². The molecule has 0 amide bonds. The first-order valence-electron chi connectivity index (χ1n) is 4.69. The molecule has 2 N–H and O–H groups in total. The molecular formula is C13H10ClN. The van der Waals surface area contributed by atoms with Crippen LogP contribution in [0.25, 0.3) is 10.8 Å². The lowest BCUT2D eigenvalue weighted by Gasteiger charge is -2.02. The highest BCUT2D eigenvalue weighted by Gasteiger charge is 2.01. The van der Waals surface area contributed by atoms with Crippen molar-refractivity contribution in [1.29, 1.82) is 0 Å². The standard InChI is InChI=1S/C13H10ClN/c14-12-8-2-6-10-4-1-5-11(13(10)12)7-3-9-15/h1-2,4-6,8H,9,15H2. The summed E-state index contributed by atoms with van der Waals surface area (Å²) in [6, 6.07) is 11.8. The van der Waals surface area contributed by atoms with Crippen molar-refractivity contribution in [1.82, 2.24) is 0 Å². The van der Waals surface area contributed by atoms with Crippen molar-refractivity contribution in [2.45, 2.75) is 0 Å². The van der Waals surface area contributed by atoms with Gasteiger partial charge in [0, 0.05) is 16.0 Å². The third-order valence-corrected chi connectivity index (χ3v) is 2.49. The van der Waals surface area contributed by atoms with Crippen molar-refractivity contribution < 1.29 is 0 Å². The van der Waals surface area contributed by atoms with Crippen LogP contribution >= 0.6 is 11.6 Å². The highest BCUT2D eigenvalue weighted by molar-refractivity contribution is 6.36. The van der Waals surface area contributed by atoms with Gasteiger partial charge in [-0.2, -0.15) is 0 Å². The van der Waals surface area contributed by atoms with Crippen LogP contribution in [0.3, 0.4) is 0 Å². The summed E-state index contributed by atoms with van der Waals surface area (Å²) < 4.78 is 0. The largest absolute Gasteiger partial charge is 0.320 e. The lowest BCUT2D eigenvalue weighted by atomic mass is 10.0. The molecular weight excluding hydrogens is 206 g/mol. The summed E-state index contributed by atoms with van der Waals surface area (Å²) in [5.74, 6) is 5.87. The molecule has 2 rings (SSSR count). The van der Waals surface area contributed by atoms with Crippen molar-refractivity contribution in [3.63, 3.8) is 0 Å². The van der Waals surface area contributed by atoms with Crippen LogP contribution in [0.15, 0.2) is 36.4 Å². The smallest absolute Gasteiger partial charge is 0.0555 e. The van der Waals surface area contributed by atoms with Gasteiger partial charge in [0.15, 0.2) is 0 Å². The second kappa shape index (κ2) is 4.35. The topological polar surface area (TPSA) is 26.0 Å². The van der Waals surface area contributed by atoms with Crippen molar-refractivity contribution in [3.8, 4) is 11.8 Å². The second-order valence-electron chi connectivity index (χ2n) is 3.15. The Morgan fingerprint density at radius 3 is 2.60 bits per heavy atom. The van der Waals surface area contributed by atoms with Gasteiger partial charge in [-0.1, -0.05) is 47.7 Å². The number of hydrogen-bond acceptors (Lipinski definition) is 1. The molecule has 0 aliphatic carbocycles. The number of nitrogens with two attached hydrogens (primary N) is 1. The van der Waals surface area contributed by atoms with E-state index in [1.165, 1.54) is 0 Å². The van der Waals surface area contributed by atoms with Crippen LogP contribution in [0.4, 0.5) is 0 Å². The minimum Gasteiger partial charge on any atom is -0.320 e. The van der Waals surface area contributed by atoms with Crippen LogP contribution in [-0.4, -0.2) is 6.54 Å². The molecule has 0 fully saturated rings. The van der Waals surface area contributed by atoms with Crippen molar-refractivity contribution >= 4 is 22.4 Å². The van der Waals surface area contributed by atoms with Crippen LogP contribution in [-0.2, 0) is 0 Å². The first-order valence-corrected chi connectivity index (χ1v) is 5.07. The fraction of sp³-hybridized carbons (Fsp3) is 0.0769. The Kier molecular flexibility index (Phi) is 2.91. The van der Waals surface area contributed by atoms with E-state index < -0.39 is 0 Å². The first kappa shape index (κ1) is 10.0. The Labute approximate surface area is 93.9 Å². The van der Waals surface area contributed by atoms with Gasteiger partial charge in [0.2, 0.25) is 0 Å². The fourth-order valence-electron chi connectivity index (χ4n) is 1.55. The van der Waals surface area contributed by atoms with Gasteiger partial charge in [-0.25, -0.2) is 0 Å². The molecule has 0 bridgehead atoms. The van der Waals surface area contributed by atoms with Gasteiger partial charge in [0.1, 0.15) is 0 Å². The highest BCUT2D eigenvalue weighted by atomic mass is 35.5. The Hall–Kier alpha value is -1.49. The third-order valence-electron chi connectivity index (χ3n) is 2.18. The Morgan fingerprint density at radius 1 is 1.13 bits per heavy atom. The zero-order valence-corrected chi connectivity index (χ0v) is 8.88. The normalized spacial score (nSPS) is 9.73.